The maximum Gasteiger partial charge on any atom is 0.318 e. The lowest BCUT2D eigenvalue weighted by Gasteiger charge is -2.24. The molecule has 0 aliphatic rings. The Hall–Kier alpha value is -3.40. The van der Waals surface area contributed by atoms with Gasteiger partial charge in [-0.1, -0.05) is 92.7 Å². The molecule has 0 unspecified atom stereocenters. The van der Waals surface area contributed by atoms with Gasteiger partial charge in [0.05, 0.1) is 0 Å². The number of rotatable bonds is 7. The minimum Gasteiger partial charge on any atom is -0.451 e. The first-order valence-electron chi connectivity index (χ1n) is 9.72. The van der Waals surface area contributed by atoms with Crippen LogP contribution in [0.5, 0.6) is 0 Å². The number of benzene rings is 3. The molecule has 3 aromatic rings. The maximum absolute atomic E-state index is 13.2. The molecule has 3 rings (SSSR count). The third-order valence-electron chi connectivity index (χ3n) is 4.65. The summed E-state index contributed by atoms with van der Waals surface area (Å²) in [4.78, 5) is 26.0. The van der Waals surface area contributed by atoms with Crippen LogP contribution in [0.3, 0.4) is 0 Å². The predicted molar refractivity (Wildman–Crippen MR) is 115 cm³/mol. The molecule has 29 heavy (non-hydrogen) atoms. The van der Waals surface area contributed by atoms with Crippen LogP contribution in [-0.4, -0.2) is 18.0 Å². The lowest BCUT2D eigenvalue weighted by atomic mass is 9.91. The third-order valence-corrected chi connectivity index (χ3v) is 4.65. The van der Waals surface area contributed by atoms with Gasteiger partial charge in [-0.2, -0.15) is 0 Å². The quantitative estimate of drug-likeness (QED) is 0.579. The minimum absolute atomic E-state index is 0.171. The van der Waals surface area contributed by atoms with Gasteiger partial charge in [-0.25, -0.2) is 0 Å². The zero-order chi connectivity index (χ0) is 20.6. The molecule has 1 atom stereocenters. The van der Waals surface area contributed by atoms with Crippen molar-refractivity contribution in [3.63, 3.8) is 0 Å². The van der Waals surface area contributed by atoms with E-state index in [1.165, 1.54) is 0 Å². The molecule has 0 aliphatic heterocycles. The number of nitrogens with one attached hydrogen (secondary N) is 1. The van der Waals surface area contributed by atoms with Crippen molar-refractivity contribution in [2.45, 2.75) is 25.9 Å². The highest BCUT2D eigenvalue weighted by Crippen LogP contribution is 2.27. The van der Waals surface area contributed by atoms with Crippen LogP contribution < -0.4 is 5.32 Å². The Morgan fingerprint density at radius 1 is 0.724 bits per heavy atom. The summed E-state index contributed by atoms with van der Waals surface area (Å²) in [5.41, 5.74) is 2.33. The van der Waals surface area contributed by atoms with Crippen LogP contribution in [0, 0.1) is 5.92 Å². The van der Waals surface area contributed by atoms with Crippen LogP contribution in [0.2, 0.25) is 0 Å². The molecule has 3 aromatic carbocycles. The minimum atomic E-state index is -0.891. The van der Waals surface area contributed by atoms with E-state index in [1.807, 2.05) is 92.7 Å². The van der Waals surface area contributed by atoms with Crippen molar-refractivity contribution in [2.75, 3.05) is 5.32 Å². The van der Waals surface area contributed by atoms with Crippen molar-refractivity contribution < 1.29 is 14.3 Å². The standard InChI is InChI=1S/C25H25NO3/c1-18(2)23(24(27)26-21-16-10-5-11-17-21)29-25(28)22(19-12-6-3-7-13-19)20-14-8-4-9-15-20/h3-18,22-23H,1-2H3,(H,26,27)/t23-/m0/s1. The molecule has 4 nitrogen and oxygen atoms in total. The molecule has 0 radical (unpaired) electrons. The van der Waals surface area contributed by atoms with Crippen LogP contribution in [0.15, 0.2) is 91.0 Å². The average molecular weight is 387 g/mol. The highest BCUT2D eigenvalue weighted by molar-refractivity contribution is 5.96. The van der Waals surface area contributed by atoms with Crippen molar-refractivity contribution in [3.8, 4) is 0 Å². The first kappa shape index (κ1) is 20.3. The SMILES string of the molecule is CC(C)[C@H](OC(=O)C(c1ccccc1)c1ccccc1)C(=O)Nc1ccccc1. The molecule has 0 aliphatic carbocycles. The first-order valence-corrected chi connectivity index (χ1v) is 9.72. The van der Waals surface area contributed by atoms with Gasteiger partial charge in [0.25, 0.3) is 5.91 Å². The first-order chi connectivity index (χ1) is 14.1. The Morgan fingerprint density at radius 2 is 1.17 bits per heavy atom. The summed E-state index contributed by atoms with van der Waals surface area (Å²) in [5, 5.41) is 2.83. The normalized spacial score (nSPS) is 11.9. The van der Waals surface area contributed by atoms with Crippen LogP contribution in [0.1, 0.15) is 30.9 Å². The number of amides is 1. The van der Waals surface area contributed by atoms with Crippen molar-refractivity contribution in [3.05, 3.63) is 102 Å². The number of anilines is 1. The van der Waals surface area contributed by atoms with Crippen molar-refractivity contribution >= 4 is 17.6 Å². The lowest BCUT2D eigenvalue weighted by molar-refractivity contribution is -0.157. The number of ether oxygens (including phenoxy) is 1. The molecule has 0 fully saturated rings. The number of hydrogen-bond donors (Lipinski definition) is 1. The molecule has 1 amide bonds. The van der Waals surface area contributed by atoms with E-state index in [0.717, 1.165) is 11.1 Å². The summed E-state index contributed by atoms with van der Waals surface area (Å²) in [5.74, 6) is -1.54. The topological polar surface area (TPSA) is 55.4 Å². The van der Waals surface area contributed by atoms with Gasteiger partial charge in [-0.3, -0.25) is 9.59 Å². The van der Waals surface area contributed by atoms with E-state index in [-0.39, 0.29) is 11.8 Å². The van der Waals surface area contributed by atoms with Gasteiger partial charge < -0.3 is 10.1 Å². The average Bonchev–Trinajstić information content (AvgIpc) is 2.74. The van der Waals surface area contributed by atoms with Crippen molar-refractivity contribution in [1.82, 2.24) is 0 Å². The number of hydrogen-bond acceptors (Lipinski definition) is 3. The van der Waals surface area contributed by atoms with Crippen molar-refractivity contribution in [1.29, 1.82) is 0 Å². The Morgan fingerprint density at radius 3 is 1.62 bits per heavy atom. The number of carbonyl (C=O) groups is 2. The molecule has 0 bridgehead atoms. The molecular formula is C25H25NO3. The zero-order valence-corrected chi connectivity index (χ0v) is 16.6. The second-order valence-corrected chi connectivity index (χ2v) is 7.21. The third kappa shape index (κ3) is 5.32. The molecule has 0 spiro atoms. The van der Waals surface area contributed by atoms with Crippen LogP contribution >= 0.6 is 0 Å². The van der Waals surface area contributed by atoms with Gasteiger partial charge in [0.1, 0.15) is 5.92 Å². The van der Waals surface area contributed by atoms with Gasteiger partial charge in [-0.05, 0) is 29.2 Å². The summed E-state index contributed by atoms with van der Waals surface area (Å²) < 4.78 is 5.77. The van der Waals surface area contributed by atoms with Gasteiger partial charge in [-0.15, -0.1) is 0 Å². The predicted octanol–water partition coefficient (Wildman–Crippen LogP) is 5.03. The Kier molecular flexibility index (Phi) is 6.80. The fraction of sp³-hybridized carbons (Fsp3) is 0.200. The maximum atomic E-state index is 13.2. The van der Waals surface area contributed by atoms with Gasteiger partial charge >= 0.3 is 5.97 Å². The fourth-order valence-corrected chi connectivity index (χ4v) is 3.18. The molecule has 0 heterocycles. The van der Waals surface area contributed by atoms with Crippen molar-refractivity contribution in [2.24, 2.45) is 5.92 Å². The second-order valence-electron chi connectivity index (χ2n) is 7.21. The molecule has 0 aromatic heterocycles. The lowest BCUT2D eigenvalue weighted by Crippen LogP contribution is -2.38. The van der Waals surface area contributed by atoms with Crippen LogP contribution in [0.4, 0.5) is 5.69 Å². The van der Waals surface area contributed by atoms with Crippen LogP contribution in [0.25, 0.3) is 0 Å². The molecule has 0 saturated carbocycles. The molecular weight excluding hydrogens is 362 g/mol. The smallest absolute Gasteiger partial charge is 0.318 e. The summed E-state index contributed by atoms with van der Waals surface area (Å²) in [6, 6.07) is 28.1. The van der Waals surface area contributed by atoms with Gasteiger partial charge in [0.15, 0.2) is 6.10 Å². The zero-order valence-electron chi connectivity index (χ0n) is 16.6. The Bertz CT molecular complexity index is 885. The van der Waals surface area contributed by atoms with Gasteiger partial charge in [0, 0.05) is 5.69 Å². The Balaban J connectivity index is 1.83. The summed E-state index contributed by atoms with van der Waals surface area (Å²) >= 11 is 0. The van der Waals surface area contributed by atoms with Gasteiger partial charge in [0.2, 0.25) is 0 Å². The summed E-state index contributed by atoms with van der Waals surface area (Å²) in [6.07, 6.45) is -0.891. The summed E-state index contributed by atoms with van der Waals surface area (Å²) in [6.45, 7) is 3.73. The molecule has 1 N–H and O–H groups in total. The molecule has 148 valence electrons. The van der Waals surface area contributed by atoms with Crippen LogP contribution in [-0.2, 0) is 14.3 Å². The van der Waals surface area contributed by atoms with E-state index in [2.05, 4.69) is 5.32 Å². The van der Waals surface area contributed by atoms with E-state index in [0.29, 0.717) is 5.69 Å². The highest BCUT2D eigenvalue weighted by Gasteiger charge is 2.31. The van der Waals surface area contributed by atoms with E-state index >= 15 is 0 Å². The fourth-order valence-electron chi connectivity index (χ4n) is 3.18. The molecule has 0 saturated heterocycles. The number of para-hydroxylation sites is 1. The largest absolute Gasteiger partial charge is 0.451 e. The number of esters is 1. The Labute approximate surface area is 171 Å². The molecule has 4 heteroatoms. The number of carbonyl (C=O) groups excluding carboxylic acids is 2. The summed E-state index contributed by atoms with van der Waals surface area (Å²) in [7, 11) is 0. The van der Waals surface area contributed by atoms with E-state index in [9.17, 15) is 9.59 Å². The van der Waals surface area contributed by atoms with E-state index < -0.39 is 18.0 Å². The van der Waals surface area contributed by atoms with E-state index in [1.54, 1.807) is 12.1 Å². The van der Waals surface area contributed by atoms with E-state index in [4.69, 9.17) is 4.74 Å². The monoisotopic (exact) mass is 387 g/mol. The second kappa shape index (κ2) is 9.69. The highest BCUT2D eigenvalue weighted by atomic mass is 16.5.